The Kier molecular flexibility index (Phi) is 5.10. The van der Waals surface area contributed by atoms with E-state index in [0.29, 0.717) is 21.7 Å². The van der Waals surface area contributed by atoms with Gasteiger partial charge in [-0.3, -0.25) is 0 Å². The molecular formula is C14H16BrFN2O. The van der Waals surface area contributed by atoms with Gasteiger partial charge in [-0.05, 0) is 31.2 Å². The van der Waals surface area contributed by atoms with Gasteiger partial charge in [0.05, 0.1) is 6.20 Å². The molecule has 19 heavy (non-hydrogen) atoms. The van der Waals surface area contributed by atoms with E-state index in [2.05, 4.69) is 33.2 Å². The molecule has 2 rings (SSSR count). The molecule has 0 spiro atoms. The predicted octanol–water partition coefficient (Wildman–Crippen LogP) is 3.79. The molecule has 0 amide bonds. The first-order chi connectivity index (χ1) is 9.19. The average molecular weight is 327 g/mol. The van der Waals surface area contributed by atoms with Gasteiger partial charge in [-0.1, -0.05) is 22.9 Å². The van der Waals surface area contributed by atoms with Crippen molar-refractivity contribution < 1.29 is 8.81 Å². The number of halogens is 2. The van der Waals surface area contributed by atoms with Crippen LogP contribution >= 0.6 is 15.9 Å². The molecule has 0 aliphatic carbocycles. The lowest BCUT2D eigenvalue weighted by molar-refractivity contribution is 0.494. The van der Waals surface area contributed by atoms with Gasteiger partial charge in [0.2, 0.25) is 0 Å². The lowest BCUT2D eigenvalue weighted by Crippen LogP contribution is -2.17. The molecule has 0 saturated heterocycles. The fourth-order valence-electron chi connectivity index (χ4n) is 1.75. The minimum Gasteiger partial charge on any atom is -0.441 e. The van der Waals surface area contributed by atoms with Gasteiger partial charge >= 0.3 is 0 Å². The maximum absolute atomic E-state index is 13.3. The molecule has 0 aliphatic rings. The first kappa shape index (κ1) is 14.2. The molecule has 5 heteroatoms. The summed E-state index contributed by atoms with van der Waals surface area (Å²) in [5.74, 6) is 0.955. The molecule has 0 fully saturated rings. The Morgan fingerprint density at radius 3 is 2.89 bits per heavy atom. The molecule has 0 bridgehead atoms. The molecule has 2 aromatic rings. The first-order valence-electron chi connectivity index (χ1n) is 6.31. The molecule has 0 radical (unpaired) electrons. The van der Waals surface area contributed by atoms with E-state index in [9.17, 15) is 4.39 Å². The number of nitrogens with one attached hydrogen (secondary N) is 1. The highest BCUT2D eigenvalue weighted by molar-refractivity contribution is 9.10. The summed E-state index contributed by atoms with van der Waals surface area (Å²) < 4.78 is 19.6. The van der Waals surface area contributed by atoms with Crippen LogP contribution in [0.4, 0.5) is 4.39 Å². The molecule has 102 valence electrons. The van der Waals surface area contributed by atoms with Gasteiger partial charge in [0, 0.05) is 23.0 Å². The second-order valence-electron chi connectivity index (χ2n) is 4.28. The third-order valence-electron chi connectivity index (χ3n) is 2.64. The monoisotopic (exact) mass is 326 g/mol. The van der Waals surface area contributed by atoms with E-state index in [0.717, 1.165) is 25.9 Å². The summed E-state index contributed by atoms with van der Waals surface area (Å²) >= 11 is 3.26. The molecule has 0 saturated carbocycles. The smallest absolute Gasteiger partial charge is 0.196 e. The Morgan fingerprint density at radius 2 is 2.16 bits per heavy atom. The van der Waals surface area contributed by atoms with Crippen molar-refractivity contribution in [2.45, 2.75) is 19.8 Å². The van der Waals surface area contributed by atoms with Crippen molar-refractivity contribution in [2.24, 2.45) is 0 Å². The van der Waals surface area contributed by atoms with E-state index >= 15 is 0 Å². The van der Waals surface area contributed by atoms with Crippen molar-refractivity contribution in [1.29, 1.82) is 0 Å². The normalized spacial score (nSPS) is 10.9. The lowest BCUT2D eigenvalue weighted by atomic mass is 10.2. The predicted molar refractivity (Wildman–Crippen MR) is 76.5 cm³/mol. The maximum atomic E-state index is 13.3. The van der Waals surface area contributed by atoms with Gasteiger partial charge in [-0.2, -0.15) is 0 Å². The summed E-state index contributed by atoms with van der Waals surface area (Å²) in [5, 5.41) is 3.28. The number of rotatable bonds is 6. The Hall–Kier alpha value is -1.20. The van der Waals surface area contributed by atoms with E-state index < -0.39 is 0 Å². The summed E-state index contributed by atoms with van der Waals surface area (Å²) in [6.45, 7) is 3.95. The topological polar surface area (TPSA) is 38.1 Å². The molecule has 1 N–H and O–H groups in total. The fourth-order valence-corrected chi connectivity index (χ4v) is 2.22. The number of benzene rings is 1. The summed E-state index contributed by atoms with van der Waals surface area (Å²) in [7, 11) is 0. The van der Waals surface area contributed by atoms with Gasteiger partial charge in [0.15, 0.2) is 11.7 Å². The molecular weight excluding hydrogens is 311 g/mol. The molecule has 3 nitrogen and oxygen atoms in total. The van der Waals surface area contributed by atoms with E-state index in [-0.39, 0.29) is 5.82 Å². The van der Waals surface area contributed by atoms with Crippen molar-refractivity contribution in [3.8, 4) is 11.3 Å². The van der Waals surface area contributed by atoms with Crippen molar-refractivity contribution in [3.05, 3.63) is 40.6 Å². The minimum atomic E-state index is -0.299. The van der Waals surface area contributed by atoms with Gasteiger partial charge < -0.3 is 9.73 Å². The highest BCUT2D eigenvalue weighted by atomic mass is 79.9. The standard InChI is InChI=1S/C14H16BrFN2O/c1-2-4-17-5-3-14-18-9-13(19-14)10-6-11(15)8-12(16)7-10/h6-9,17H,2-5H2,1H3. The molecule has 1 heterocycles. The van der Waals surface area contributed by atoms with Crippen LogP contribution in [0.3, 0.4) is 0 Å². The van der Waals surface area contributed by atoms with Gasteiger partial charge in [-0.25, -0.2) is 9.37 Å². The van der Waals surface area contributed by atoms with Gasteiger partial charge in [-0.15, -0.1) is 0 Å². The number of hydrogen-bond donors (Lipinski definition) is 1. The third kappa shape index (κ3) is 4.14. The summed E-state index contributed by atoms with van der Waals surface area (Å²) in [6, 6.07) is 4.66. The Balaban J connectivity index is 2.03. The maximum Gasteiger partial charge on any atom is 0.196 e. The second kappa shape index (κ2) is 6.82. The van der Waals surface area contributed by atoms with E-state index in [1.54, 1.807) is 6.20 Å². The van der Waals surface area contributed by atoms with Crippen LogP contribution in [0.15, 0.2) is 33.3 Å². The zero-order valence-electron chi connectivity index (χ0n) is 10.7. The largest absolute Gasteiger partial charge is 0.441 e. The molecule has 0 atom stereocenters. The highest BCUT2D eigenvalue weighted by Gasteiger charge is 2.08. The number of hydrogen-bond acceptors (Lipinski definition) is 3. The minimum absolute atomic E-state index is 0.299. The number of aromatic nitrogens is 1. The second-order valence-corrected chi connectivity index (χ2v) is 5.19. The van der Waals surface area contributed by atoms with Crippen molar-refractivity contribution in [3.63, 3.8) is 0 Å². The molecule has 0 aliphatic heterocycles. The number of oxazole rings is 1. The van der Waals surface area contributed by atoms with Crippen LogP contribution in [-0.4, -0.2) is 18.1 Å². The lowest BCUT2D eigenvalue weighted by Gasteiger charge is -2.00. The summed E-state index contributed by atoms with van der Waals surface area (Å²) in [6.07, 6.45) is 3.47. The zero-order valence-corrected chi connectivity index (χ0v) is 12.3. The average Bonchev–Trinajstić information content (AvgIpc) is 2.82. The van der Waals surface area contributed by atoms with E-state index in [4.69, 9.17) is 4.42 Å². The first-order valence-corrected chi connectivity index (χ1v) is 7.10. The third-order valence-corrected chi connectivity index (χ3v) is 3.10. The van der Waals surface area contributed by atoms with Gasteiger partial charge in [0.1, 0.15) is 5.82 Å². The molecule has 0 unspecified atom stereocenters. The van der Waals surface area contributed by atoms with Crippen molar-refractivity contribution in [2.75, 3.05) is 13.1 Å². The van der Waals surface area contributed by atoms with Crippen LogP contribution in [-0.2, 0) is 6.42 Å². The highest BCUT2D eigenvalue weighted by Crippen LogP contribution is 2.25. The van der Waals surface area contributed by atoms with E-state index in [1.165, 1.54) is 12.1 Å². The number of nitrogens with zero attached hydrogens (tertiary/aromatic N) is 1. The molecule has 1 aromatic heterocycles. The van der Waals surface area contributed by atoms with Crippen LogP contribution in [0.5, 0.6) is 0 Å². The molecule has 1 aromatic carbocycles. The SMILES string of the molecule is CCCNCCc1ncc(-c2cc(F)cc(Br)c2)o1. The Morgan fingerprint density at radius 1 is 1.32 bits per heavy atom. The van der Waals surface area contributed by atoms with Crippen molar-refractivity contribution in [1.82, 2.24) is 10.3 Å². The quantitative estimate of drug-likeness (QED) is 0.821. The zero-order chi connectivity index (χ0) is 13.7. The van der Waals surface area contributed by atoms with Crippen LogP contribution in [0, 0.1) is 5.82 Å². The van der Waals surface area contributed by atoms with Crippen molar-refractivity contribution >= 4 is 15.9 Å². The van der Waals surface area contributed by atoms with Crippen LogP contribution in [0.1, 0.15) is 19.2 Å². The Bertz CT molecular complexity index is 522. The Labute approximate surface area is 120 Å². The summed E-state index contributed by atoms with van der Waals surface area (Å²) in [5.41, 5.74) is 0.687. The van der Waals surface area contributed by atoms with Crippen LogP contribution < -0.4 is 5.32 Å². The van der Waals surface area contributed by atoms with E-state index in [1.807, 2.05) is 6.07 Å². The fraction of sp³-hybridized carbons (Fsp3) is 0.357. The van der Waals surface area contributed by atoms with Gasteiger partial charge in [0.25, 0.3) is 0 Å². The summed E-state index contributed by atoms with van der Waals surface area (Å²) in [4.78, 5) is 4.21. The van der Waals surface area contributed by atoms with Crippen LogP contribution in [0.2, 0.25) is 0 Å². The van der Waals surface area contributed by atoms with Crippen LogP contribution in [0.25, 0.3) is 11.3 Å².